The summed E-state index contributed by atoms with van der Waals surface area (Å²) in [4.78, 5) is 21.4. The largest absolute Gasteiger partial charge is 0.352 e. The zero-order chi connectivity index (χ0) is 21.5. The number of nitrogens with one attached hydrogen (secondary N) is 2. The minimum Gasteiger partial charge on any atom is -0.352 e. The van der Waals surface area contributed by atoms with Crippen molar-refractivity contribution >= 4 is 17.5 Å². The van der Waals surface area contributed by atoms with Gasteiger partial charge in [-0.2, -0.15) is 0 Å². The lowest BCUT2D eigenvalue weighted by molar-refractivity contribution is 0.0954. The van der Waals surface area contributed by atoms with Crippen LogP contribution in [0.15, 0.2) is 72.6 Å². The van der Waals surface area contributed by atoms with Gasteiger partial charge in [-0.25, -0.2) is 9.97 Å². The number of aryl methyl sites for hydroxylation is 1. The lowest BCUT2D eigenvalue weighted by atomic mass is 9.97. The minimum absolute atomic E-state index is 0.0595. The predicted octanol–water partition coefficient (Wildman–Crippen LogP) is 5.82. The number of amides is 1. The Morgan fingerprint density at radius 3 is 2.61 bits per heavy atom. The van der Waals surface area contributed by atoms with Crippen LogP contribution in [0.1, 0.15) is 48.0 Å². The van der Waals surface area contributed by atoms with E-state index >= 15 is 0 Å². The highest BCUT2D eigenvalue weighted by Crippen LogP contribution is 2.21. The topological polar surface area (TPSA) is 66.9 Å². The number of rotatable bonds is 7. The number of allylic oxidation sites excluding steroid dienone is 1. The molecule has 1 aliphatic rings. The summed E-state index contributed by atoms with van der Waals surface area (Å²) in [5.41, 5.74) is 6.13. The highest BCUT2D eigenvalue weighted by atomic mass is 16.1. The van der Waals surface area contributed by atoms with E-state index in [0.29, 0.717) is 18.1 Å². The zero-order valence-electron chi connectivity index (χ0n) is 17.9. The molecule has 0 saturated heterocycles. The summed E-state index contributed by atoms with van der Waals surface area (Å²) in [6.45, 7) is 2.74. The van der Waals surface area contributed by atoms with E-state index in [1.54, 1.807) is 12.4 Å². The molecule has 4 rings (SSSR count). The molecular formula is C26H28N4O. The molecule has 0 radical (unpaired) electrons. The molecule has 0 aliphatic heterocycles. The van der Waals surface area contributed by atoms with Crippen LogP contribution in [0.5, 0.6) is 0 Å². The monoisotopic (exact) mass is 412 g/mol. The Bertz CT molecular complexity index is 1070. The quantitative estimate of drug-likeness (QED) is 0.480. The Hall–Kier alpha value is -3.47. The van der Waals surface area contributed by atoms with Crippen LogP contribution >= 0.6 is 0 Å². The summed E-state index contributed by atoms with van der Waals surface area (Å²) in [6.07, 6.45) is 11.8. The van der Waals surface area contributed by atoms with Gasteiger partial charge >= 0.3 is 0 Å². The van der Waals surface area contributed by atoms with Gasteiger partial charge < -0.3 is 10.6 Å². The van der Waals surface area contributed by atoms with E-state index in [9.17, 15) is 4.79 Å². The maximum absolute atomic E-state index is 12.5. The van der Waals surface area contributed by atoms with Gasteiger partial charge in [0.05, 0.1) is 0 Å². The first-order valence-corrected chi connectivity index (χ1v) is 10.9. The Balaban J connectivity index is 1.35. The van der Waals surface area contributed by atoms with Crippen LogP contribution in [0.25, 0.3) is 11.1 Å². The average molecular weight is 413 g/mol. The van der Waals surface area contributed by atoms with Crippen molar-refractivity contribution in [2.75, 3.05) is 11.9 Å². The van der Waals surface area contributed by atoms with Gasteiger partial charge in [0.25, 0.3) is 5.91 Å². The van der Waals surface area contributed by atoms with E-state index in [1.165, 1.54) is 30.4 Å². The molecule has 1 aromatic heterocycles. The number of hydrogen-bond acceptors (Lipinski definition) is 4. The predicted molar refractivity (Wildman–Crippen MR) is 125 cm³/mol. The summed E-state index contributed by atoms with van der Waals surface area (Å²) in [5, 5.41) is 6.21. The van der Waals surface area contributed by atoms with E-state index < -0.39 is 0 Å². The van der Waals surface area contributed by atoms with Crippen molar-refractivity contribution in [1.82, 2.24) is 15.3 Å². The van der Waals surface area contributed by atoms with Gasteiger partial charge in [-0.15, -0.1) is 0 Å². The van der Waals surface area contributed by atoms with Gasteiger partial charge in [-0.05, 0) is 62.8 Å². The normalized spacial score (nSPS) is 13.4. The molecule has 5 heteroatoms. The van der Waals surface area contributed by atoms with E-state index in [4.69, 9.17) is 0 Å². The number of aromatic nitrogens is 2. The first-order chi connectivity index (χ1) is 15.2. The lowest BCUT2D eigenvalue weighted by Crippen LogP contribution is -2.24. The molecular weight excluding hydrogens is 384 g/mol. The maximum atomic E-state index is 12.5. The van der Waals surface area contributed by atoms with Gasteiger partial charge in [-0.1, -0.05) is 47.5 Å². The summed E-state index contributed by atoms with van der Waals surface area (Å²) in [6, 6.07) is 15.7. The van der Waals surface area contributed by atoms with Crippen LogP contribution in [0.4, 0.5) is 11.6 Å². The number of carbonyl (C=O) groups excluding carboxylic acids is 1. The summed E-state index contributed by atoms with van der Waals surface area (Å²) in [5.74, 6) is 0.439. The van der Waals surface area contributed by atoms with Gasteiger partial charge in [0.2, 0.25) is 5.95 Å². The van der Waals surface area contributed by atoms with Crippen molar-refractivity contribution in [3.8, 4) is 11.1 Å². The molecule has 0 atom stereocenters. The van der Waals surface area contributed by atoms with Crippen LogP contribution in [0.3, 0.4) is 0 Å². The van der Waals surface area contributed by atoms with Crippen LogP contribution in [-0.2, 0) is 0 Å². The molecule has 31 heavy (non-hydrogen) atoms. The fourth-order valence-electron chi connectivity index (χ4n) is 3.80. The Kier molecular flexibility index (Phi) is 6.72. The molecule has 2 aromatic carbocycles. The summed E-state index contributed by atoms with van der Waals surface area (Å²) in [7, 11) is 0. The molecule has 0 spiro atoms. The third-order valence-electron chi connectivity index (χ3n) is 5.50. The highest BCUT2D eigenvalue weighted by Gasteiger charge is 2.09. The van der Waals surface area contributed by atoms with Gasteiger partial charge in [0, 0.05) is 35.8 Å². The van der Waals surface area contributed by atoms with Crippen LogP contribution < -0.4 is 10.6 Å². The van der Waals surface area contributed by atoms with E-state index in [-0.39, 0.29) is 5.91 Å². The molecule has 2 N–H and O–H groups in total. The van der Waals surface area contributed by atoms with Crippen molar-refractivity contribution in [2.45, 2.75) is 39.0 Å². The second kappa shape index (κ2) is 10.0. The number of hydrogen-bond donors (Lipinski definition) is 2. The molecule has 3 aromatic rings. The Morgan fingerprint density at radius 2 is 1.84 bits per heavy atom. The standard InChI is InChI=1S/C26H28N4O/c1-19-7-5-10-21(15-19)23-17-28-26(29-18-23)30-24-12-6-11-22(16-24)25(31)27-14-13-20-8-3-2-4-9-20/h5-8,10-12,15-18H,2-4,9,13-14H2,1H3,(H,27,31)(H,28,29,30). The zero-order valence-corrected chi connectivity index (χ0v) is 17.9. The molecule has 0 unspecified atom stereocenters. The van der Waals surface area contributed by atoms with Crippen LogP contribution in [0, 0.1) is 6.92 Å². The summed E-state index contributed by atoms with van der Waals surface area (Å²) < 4.78 is 0. The smallest absolute Gasteiger partial charge is 0.251 e. The minimum atomic E-state index is -0.0595. The van der Waals surface area contributed by atoms with E-state index in [2.05, 4.69) is 45.7 Å². The first kappa shape index (κ1) is 20.8. The van der Waals surface area contributed by atoms with Crippen LogP contribution in [-0.4, -0.2) is 22.4 Å². The molecule has 158 valence electrons. The fourth-order valence-corrected chi connectivity index (χ4v) is 3.80. The van der Waals surface area contributed by atoms with E-state index in [1.807, 2.05) is 36.4 Å². The number of anilines is 2. The van der Waals surface area contributed by atoms with Gasteiger partial charge in [0.15, 0.2) is 0 Å². The van der Waals surface area contributed by atoms with Crippen molar-refractivity contribution < 1.29 is 4.79 Å². The SMILES string of the molecule is Cc1cccc(-c2cnc(Nc3cccc(C(=O)NCCC4=CCCCC4)c3)nc2)c1. The first-order valence-electron chi connectivity index (χ1n) is 10.9. The molecule has 1 heterocycles. The average Bonchev–Trinajstić information content (AvgIpc) is 2.80. The molecule has 0 fully saturated rings. The molecule has 5 nitrogen and oxygen atoms in total. The fraction of sp³-hybridized carbons (Fsp3) is 0.269. The van der Waals surface area contributed by atoms with Crippen molar-refractivity contribution in [1.29, 1.82) is 0 Å². The molecule has 0 saturated carbocycles. The lowest BCUT2D eigenvalue weighted by Gasteiger charge is -2.13. The van der Waals surface area contributed by atoms with Crippen molar-refractivity contribution in [3.63, 3.8) is 0 Å². The maximum Gasteiger partial charge on any atom is 0.251 e. The van der Waals surface area contributed by atoms with Crippen molar-refractivity contribution in [2.24, 2.45) is 0 Å². The second-order valence-electron chi connectivity index (χ2n) is 7.98. The highest BCUT2D eigenvalue weighted by molar-refractivity contribution is 5.95. The number of benzene rings is 2. The second-order valence-corrected chi connectivity index (χ2v) is 7.98. The Morgan fingerprint density at radius 1 is 1.00 bits per heavy atom. The number of nitrogens with zero attached hydrogens (tertiary/aromatic N) is 2. The molecule has 0 bridgehead atoms. The molecule has 1 aliphatic carbocycles. The Labute approximate surface area is 183 Å². The van der Waals surface area contributed by atoms with Gasteiger partial charge in [0.1, 0.15) is 0 Å². The van der Waals surface area contributed by atoms with Crippen LogP contribution in [0.2, 0.25) is 0 Å². The van der Waals surface area contributed by atoms with Crippen molar-refractivity contribution in [3.05, 3.63) is 83.7 Å². The summed E-state index contributed by atoms with van der Waals surface area (Å²) >= 11 is 0. The van der Waals surface area contributed by atoms with E-state index in [0.717, 1.165) is 29.7 Å². The molecule has 1 amide bonds. The number of carbonyl (C=O) groups is 1. The third-order valence-corrected chi connectivity index (χ3v) is 5.50. The third kappa shape index (κ3) is 5.79. The van der Waals surface area contributed by atoms with Gasteiger partial charge in [-0.3, -0.25) is 4.79 Å².